The number of nitrogens with one attached hydrogen (secondary N) is 2. The zero-order chi connectivity index (χ0) is 15.7. The zero-order valence-corrected chi connectivity index (χ0v) is 12.4. The van der Waals surface area contributed by atoms with Crippen molar-refractivity contribution in [2.24, 2.45) is 0 Å². The molecule has 116 valence electrons. The number of rotatable bonds is 9. The Morgan fingerprint density at radius 2 is 1.95 bits per heavy atom. The van der Waals surface area contributed by atoms with Crippen LogP contribution in [0, 0.1) is 0 Å². The first-order valence-corrected chi connectivity index (χ1v) is 6.92. The lowest BCUT2D eigenvalue weighted by Gasteiger charge is -2.13. The quantitative estimate of drug-likeness (QED) is 0.636. The molecule has 1 unspecified atom stereocenters. The Balaban J connectivity index is 2.34. The molecule has 0 aliphatic rings. The number of carboxylic acids is 1. The van der Waals surface area contributed by atoms with Crippen LogP contribution in [-0.4, -0.2) is 36.7 Å². The molecule has 1 amide bonds. The Labute approximate surface area is 124 Å². The van der Waals surface area contributed by atoms with E-state index in [9.17, 15) is 9.59 Å². The lowest BCUT2D eigenvalue weighted by molar-refractivity contribution is -0.139. The molecule has 0 aliphatic heterocycles. The molecule has 0 heterocycles. The van der Waals surface area contributed by atoms with Gasteiger partial charge in [0, 0.05) is 6.54 Å². The highest BCUT2D eigenvalue weighted by molar-refractivity contribution is 5.79. The monoisotopic (exact) mass is 294 g/mol. The Hall–Kier alpha value is -2.08. The van der Waals surface area contributed by atoms with Crippen LogP contribution in [0.2, 0.25) is 0 Å². The second-order valence-corrected chi connectivity index (χ2v) is 4.69. The summed E-state index contributed by atoms with van der Waals surface area (Å²) in [5, 5.41) is 14.4. The first kappa shape index (κ1) is 17.0. The fraction of sp³-hybridized carbons (Fsp3) is 0.467. The molecule has 6 nitrogen and oxygen atoms in total. The van der Waals surface area contributed by atoms with Crippen LogP contribution in [0.25, 0.3) is 0 Å². The summed E-state index contributed by atoms with van der Waals surface area (Å²) in [5.41, 5.74) is 0.951. The van der Waals surface area contributed by atoms with Gasteiger partial charge in [-0.3, -0.25) is 14.9 Å². The second kappa shape index (κ2) is 8.97. The summed E-state index contributed by atoms with van der Waals surface area (Å²) >= 11 is 0. The number of carboxylic acid groups (broad SMARTS) is 1. The number of hydrogen-bond acceptors (Lipinski definition) is 4. The van der Waals surface area contributed by atoms with E-state index in [1.807, 2.05) is 31.2 Å². The summed E-state index contributed by atoms with van der Waals surface area (Å²) in [4.78, 5) is 22.6. The highest BCUT2D eigenvalue weighted by atomic mass is 16.5. The van der Waals surface area contributed by atoms with Crippen LogP contribution < -0.4 is 15.4 Å². The number of methoxy groups -OCH3 is 1. The van der Waals surface area contributed by atoms with E-state index in [2.05, 4.69) is 10.6 Å². The highest BCUT2D eigenvalue weighted by Gasteiger charge is 2.16. The average Bonchev–Trinajstić information content (AvgIpc) is 2.49. The number of amides is 1. The highest BCUT2D eigenvalue weighted by Crippen LogP contribution is 2.10. The summed E-state index contributed by atoms with van der Waals surface area (Å²) < 4.78 is 5.05. The van der Waals surface area contributed by atoms with Gasteiger partial charge in [0.05, 0.1) is 13.7 Å². The molecule has 0 saturated carbocycles. The van der Waals surface area contributed by atoms with Crippen molar-refractivity contribution in [3.05, 3.63) is 29.8 Å². The number of aliphatic carboxylic acids is 1. The fourth-order valence-corrected chi connectivity index (χ4v) is 1.82. The molecule has 0 aromatic heterocycles. The van der Waals surface area contributed by atoms with Crippen molar-refractivity contribution in [2.45, 2.75) is 32.4 Å². The molecule has 3 N–H and O–H groups in total. The van der Waals surface area contributed by atoms with Gasteiger partial charge in [0.1, 0.15) is 11.8 Å². The normalized spacial score (nSPS) is 11.7. The molecule has 1 aromatic carbocycles. The lowest BCUT2D eigenvalue weighted by Crippen LogP contribution is -2.42. The molecule has 0 radical (unpaired) electrons. The molecule has 1 rings (SSSR count). The molecule has 0 aliphatic carbocycles. The Morgan fingerprint density at radius 3 is 2.48 bits per heavy atom. The van der Waals surface area contributed by atoms with Gasteiger partial charge in [-0.15, -0.1) is 0 Å². The van der Waals surface area contributed by atoms with Crippen molar-refractivity contribution in [1.82, 2.24) is 10.6 Å². The number of benzene rings is 1. The van der Waals surface area contributed by atoms with Gasteiger partial charge in [0.2, 0.25) is 5.91 Å². The van der Waals surface area contributed by atoms with E-state index in [0.717, 1.165) is 17.7 Å². The van der Waals surface area contributed by atoms with E-state index in [4.69, 9.17) is 9.84 Å². The minimum Gasteiger partial charge on any atom is -0.497 e. The maximum Gasteiger partial charge on any atom is 0.320 e. The Morgan fingerprint density at radius 1 is 1.29 bits per heavy atom. The summed E-state index contributed by atoms with van der Waals surface area (Å²) in [5.74, 6) is -0.399. The molecular weight excluding hydrogens is 272 g/mol. The van der Waals surface area contributed by atoms with E-state index in [1.165, 1.54) is 0 Å². The van der Waals surface area contributed by atoms with Crippen LogP contribution in [0.4, 0.5) is 0 Å². The molecule has 0 fully saturated rings. The number of carbonyl (C=O) groups excluding carboxylic acids is 1. The van der Waals surface area contributed by atoms with Crippen LogP contribution in [0.3, 0.4) is 0 Å². The molecular formula is C15H22N2O4. The van der Waals surface area contributed by atoms with Crippen LogP contribution >= 0.6 is 0 Å². The predicted octanol–water partition coefficient (Wildman–Crippen LogP) is 1.15. The zero-order valence-electron chi connectivity index (χ0n) is 12.4. The summed E-state index contributed by atoms with van der Waals surface area (Å²) in [6, 6.07) is 6.69. The standard InChI is InChI=1S/C15H22N2O4/c1-3-4-13(15(19)20)16-10-14(18)17-9-11-5-7-12(21-2)8-6-11/h5-8,13,16H,3-4,9-10H2,1-2H3,(H,17,18)(H,19,20). The molecule has 0 spiro atoms. The van der Waals surface area contributed by atoms with Gasteiger partial charge in [0.15, 0.2) is 0 Å². The Kier molecular flexibility index (Phi) is 7.25. The van der Waals surface area contributed by atoms with E-state index in [-0.39, 0.29) is 12.5 Å². The first-order valence-electron chi connectivity index (χ1n) is 6.92. The summed E-state index contributed by atoms with van der Waals surface area (Å²) in [7, 11) is 1.59. The van der Waals surface area contributed by atoms with Gasteiger partial charge < -0.3 is 15.2 Å². The summed E-state index contributed by atoms with van der Waals surface area (Å²) in [6.07, 6.45) is 1.25. The predicted molar refractivity (Wildman–Crippen MR) is 79.2 cm³/mol. The smallest absolute Gasteiger partial charge is 0.320 e. The molecule has 6 heteroatoms. The molecule has 21 heavy (non-hydrogen) atoms. The van der Waals surface area contributed by atoms with Crippen LogP contribution in [0.1, 0.15) is 25.3 Å². The molecule has 0 bridgehead atoms. The van der Waals surface area contributed by atoms with Gasteiger partial charge in [-0.2, -0.15) is 0 Å². The van der Waals surface area contributed by atoms with Crippen molar-refractivity contribution in [1.29, 1.82) is 0 Å². The topological polar surface area (TPSA) is 87.7 Å². The van der Waals surface area contributed by atoms with Crippen molar-refractivity contribution < 1.29 is 19.4 Å². The van der Waals surface area contributed by atoms with E-state index < -0.39 is 12.0 Å². The van der Waals surface area contributed by atoms with Crippen LogP contribution in [-0.2, 0) is 16.1 Å². The van der Waals surface area contributed by atoms with Gasteiger partial charge in [-0.25, -0.2) is 0 Å². The second-order valence-electron chi connectivity index (χ2n) is 4.69. The van der Waals surface area contributed by atoms with Crippen LogP contribution in [0.15, 0.2) is 24.3 Å². The molecule has 1 aromatic rings. The van der Waals surface area contributed by atoms with Crippen LogP contribution in [0.5, 0.6) is 5.75 Å². The van der Waals surface area contributed by atoms with Gasteiger partial charge in [-0.1, -0.05) is 25.5 Å². The number of hydrogen-bond donors (Lipinski definition) is 3. The SMILES string of the molecule is CCCC(NCC(=O)NCc1ccc(OC)cc1)C(=O)O. The number of carbonyl (C=O) groups is 2. The van der Waals surface area contributed by atoms with Crippen molar-refractivity contribution in [3.8, 4) is 5.75 Å². The average molecular weight is 294 g/mol. The third-order valence-corrected chi connectivity index (χ3v) is 3.03. The molecule has 0 saturated heterocycles. The maximum atomic E-state index is 11.7. The Bertz CT molecular complexity index is 459. The number of ether oxygens (including phenoxy) is 1. The third-order valence-electron chi connectivity index (χ3n) is 3.03. The maximum absolute atomic E-state index is 11.7. The lowest BCUT2D eigenvalue weighted by atomic mass is 10.1. The van der Waals surface area contributed by atoms with Gasteiger partial charge in [-0.05, 0) is 24.1 Å². The minimum atomic E-state index is -0.931. The molecule has 1 atom stereocenters. The fourth-order valence-electron chi connectivity index (χ4n) is 1.82. The van der Waals surface area contributed by atoms with Gasteiger partial charge >= 0.3 is 5.97 Å². The minimum absolute atomic E-state index is 0.00682. The van der Waals surface area contributed by atoms with E-state index >= 15 is 0 Å². The van der Waals surface area contributed by atoms with Crippen molar-refractivity contribution in [3.63, 3.8) is 0 Å². The largest absolute Gasteiger partial charge is 0.497 e. The van der Waals surface area contributed by atoms with Crippen molar-refractivity contribution in [2.75, 3.05) is 13.7 Å². The first-order chi connectivity index (χ1) is 10.1. The van der Waals surface area contributed by atoms with Gasteiger partial charge in [0.25, 0.3) is 0 Å². The third kappa shape index (κ3) is 6.27. The van der Waals surface area contributed by atoms with E-state index in [0.29, 0.717) is 13.0 Å². The van der Waals surface area contributed by atoms with E-state index in [1.54, 1.807) is 7.11 Å². The summed E-state index contributed by atoms with van der Waals surface area (Å²) in [6.45, 7) is 2.30. The van der Waals surface area contributed by atoms with Crippen molar-refractivity contribution >= 4 is 11.9 Å².